The molecule has 1 heterocycles. The highest BCUT2D eigenvalue weighted by atomic mass is 16.5. The molecule has 1 aromatic rings. The molecule has 0 amide bonds. The van der Waals surface area contributed by atoms with Crippen LogP contribution in [-0.4, -0.2) is 19.8 Å². The highest BCUT2D eigenvalue weighted by Crippen LogP contribution is 2.32. The summed E-state index contributed by atoms with van der Waals surface area (Å²) in [6, 6.07) is 6.58. The molecular formula is C15H21NO2. The van der Waals surface area contributed by atoms with Crippen LogP contribution in [0.4, 0.5) is 0 Å². The standard InChI is InChI=1S/C15H21NO2/c16-15-4-1-12-9-13(2-3-14(12)15)18-10-11-5-7-17-8-6-11/h2-3,9,11,15H,1,4-8,10,16H2/t15-/m0/s1. The number of nitrogens with two attached hydrogens (primary N) is 1. The number of hydrogen-bond acceptors (Lipinski definition) is 3. The second-order valence-corrected chi connectivity index (χ2v) is 5.37. The smallest absolute Gasteiger partial charge is 0.119 e. The lowest BCUT2D eigenvalue weighted by molar-refractivity contribution is 0.0497. The molecule has 0 bridgehead atoms. The fourth-order valence-corrected chi connectivity index (χ4v) is 2.84. The van der Waals surface area contributed by atoms with Crippen molar-refractivity contribution in [2.45, 2.75) is 31.7 Å². The van der Waals surface area contributed by atoms with Crippen molar-refractivity contribution < 1.29 is 9.47 Å². The zero-order valence-corrected chi connectivity index (χ0v) is 10.7. The Morgan fingerprint density at radius 1 is 1.22 bits per heavy atom. The predicted molar refractivity (Wildman–Crippen MR) is 70.7 cm³/mol. The summed E-state index contributed by atoms with van der Waals surface area (Å²) < 4.78 is 11.3. The second-order valence-electron chi connectivity index (χ2n) is 5.37. The Labute approximate surface area is 108 Å². The summed E-state index contributed by atoms with van der Waals surface area (Å²) >= 11 is 0. The average Bonchev–Trinajstić information content (AvgIpc) is 2.79. The molecule has 3 nitrogen and oxygen atoms in total. The van der Waals surface area contributed by atoms with Crippen LogP contribution in [-0.2, 0) is 11.2 Å². The van der Waals surface area contributed by atoms with E-state index >= 15 is 0 Å². The largest absolute Gasteiger partial charge is 0.493 e. The molecule has 1 aromatic carbocycles. The van der Waals surface area contributed by atoms with Crippen molar-refractivity contribution in [3.05, 3.63) is 29.3 Å². The molecule has 1 aliphatic carbocycles. The van der Waals surface area contributed by atoms with Gasteiger partial charge in [0, 0.05) is 19.3 Å². The van der Waals surface area contributed by atoms with Crippen molar-refractivity contribution in [1.82, 2.24) is 0 Å². The van der Waals surface area contributed by atoms with Crippen molar-refractivity contribution in [3.63, 3.8) is 0 Å². The minimum atomic E-state index is 0.226. The van der Waals surface area contributed by atoms with Crippen LogP contribution in [0.15, 0.2) is 18.2 Å². The van der Waals surface area contributed by atoms with E-state index in [-0.39, 0.29) is 6.04 Å². The van der Waals surface area contributed by atoms with Gasteiger partial charge in [-0.3, -0.25) is 0 Å². The molecule has 0 saturated carbocycles. The van der Waals surface area contributed by atoms with Gasteiger partial charge in [-0.25, -0.2) is 0 Å². The minimum Gasteiger partial charge on any atom is -0.493 e. The van der Waals surface area contributed by atoms with Gasteiger partial charge in [-0.15, -0.1) is 0 Å². The van der Waals surface area contributed by atoms with Gasteiger partial charge in [-0.05, 0) is 54.9 Å². The molecule has 0 radical (unpaired) electrons. The third kappa shape index (κ3) is 2.52. The molecule has 2 N–H and O–H groups in total. The summed E-state index contributed by atoms with van der Waals surface area (Å²) in [7, 11) is 0. The Bertz CT molecular complexity index is 413. The summed E-state index contributed by atoms with van der Waals surface area (Å²) in [5, 5.41) is 0. The third-order valence-electron chi connectivity index (χ3n) is 4.07. The maximum Gasteiger partial charge on any atom is 0.119 e. The Balaban J connectivity index is 1.60. The van der Waals surface area contributed by atoms with E-state index in [1.807, 2.05) is 0 Å². The van der Waals surface area contributed by atoms with Gasteiger partial charge in [-0.1, -0.05) is 6.07 Å². The predicted octanol–water partition coefficient (Wildman–Crippen LogP) is 2.44. The summed E-state index contributed by atoms with van der Waals surface area (Å²) in [5.41, 5.74) is 8.70. The summed E-state index contributed by atoms with van der Waals surface area (Å²) in [5.74, 6) is 1.64. The van der Waals surface area contributed by atoms with Crippen LogP contribution in [0.2, 0.25) is 0 Å². The first-order valence-corrected chi connectivity index (χ1v) is 6.92. The van der Waals surface area contributed by atoms with Gasteiger partial charge >= 0.3 is 0 Å². The molecule has 0 aromatic heterocycles. The highest BCUT2D eigenvalue weighted by molar-refractivity contribution is 5.40. The van der Waals surface area contributed by atoms with E-state index in [9.17, 15) is 0 Å². The lowest BCUT2D eigenvalue weighted by Crippen LogP contribution is -2.21. The van der Waals surface area contributed by atoms with Gasteiger partial charge in [-0.2, -0.15) is 0 Å². The maximum absolute atomic E-state index is 6.03. The van der Waals surface area contributed by atoms with E-state index in [1.54, 1.807) is 0 Å². The van der Waals surface area contributed by atoms with Gasteiger partial charge in [0.05, 0.1) is 6.61 Å². The van der Waals surface area contributed by atoms with Crippen LogP contribution < -0.4 is 10.5 Å². The molecule has 0 unspecified atom stereocenters. The van der Waals surface area contributed by atoms with Crippen LogP contribution in [0, 0.1) is 5.92 Å². The number of ether oxygens (including phenoxy) is 2. The fraction of sp³-hybridized carbons (Fsp3) is 0.600. The van der Waals surface area contributed by atoms with E-state index in [4.69, 9.17) is 15.2 Å². The molecule has 3 rings (SSSR count). The SMILES string of the molecule is N[C@H]1CCc2cc(OCC3CCOCC3)ccc21. The molecule has 0 spiro atoms. The summed E-state index contributed by atoms with van der Waals surface area (Å²) in [6.45, 7) is 2.58. The monoisotopic (exact) mass is 247 g/mol. The van der Waals surface area contributed by atoms with Gasteiger partial charge in [0.15, 0.2) is 0 Å². The Morgan fingerprint density at radius 2 is 2.06 bits per heavy atom. The number of fused-ring (bicyclic) bond motifs is 1. The summed E-state index contributed by atoms with van der Waals surface area (Å²) in [4.78, 5) is 0. The van der Waals surface area contributed by atoms with Crippen molar-refractivity contribution in [3.8, 4) is 5.75 Å². The quantitative estimate of drug-likeness (QED) is 0.892. The van der Waals surface area contributed by atoms with Crippen LogP contribution in [0.1, 0.15) is 36.4 Å². The van der Waals surface area contributed by atoms with Gasteiger partial charge in [0.2, 0.25) is 0 Å². The Morgan fingerprint density at radius 3 is 2.89 bits per heavy atom. The molecular weight excluding hydrogens is 226 g/mol. The zero-order chi connectivity index (χ0) is 12.4. The Kier molecular flexibility index (Phi) is 3.52. The normalized spacial score (nSPS) is 23.9. The molecule has 18 heavy (non-hydrogen) atoms. The Hall–Kier alpha value is -1.06. The molecule has 3 heteroatoms. The number of benzene rings is 1. The van der Waals surface area contributed by atoms with Gasteiger partial charge < -0.3 is 15.2 Å². The summed E-state index contributed by atoms with van der Waals surface area (Å²) in [6.07, 6.45) is 4.40. The lowest BCUT2D eigenvalue weighted by atomic mass is 10.0. The molecule has 1 fully saturated rings. The molecule has 1 aliphatic heterocycles. The van der Waals surface area contributed by atoms with E-state index in [1.165, 1.54) is 11.1 Å². The van der Waals surface area contributed by atoms with Crippen molar-refractivity contribution in [1.29, 1.82) is 0 Å². The van der Waals surface area contributed by atoms with Crippen LogP contribution >= 0.6 is 0 Å². The number of hydrogen-bond donors (Lipinski definition) is 1. The van der Waals surface area contributed by atoms with Crippen LogP contribution in [0.25, 0.3) is 0 Å². The second kappa shape index (κ2) is 5.29. The number of aryl methyl sites for hydroxylation is 1. The highest BCUT2D eigenvalue weighted by Gasteiger charge is 2.19. The van der Waals surface area contributed by atoms with Crippen molar-refractivity contribution in [2.24, 2.45) is 11.7 Å². The first kappa shape index (κ1) is 12.0. The first-order chi connectivity index (χ1) is 8.83. The molecule has 98 valence electrons. The van der Waals surface area contributed by atoms with Crippen LogP contribution in [0.5, 0.6) is 5.75 Å². The van der Waals surface area contributed by atoms with Gasteiger partial charge in [0.1, 0.15) is 5.75 Å². The van der Waals surface area contributed by atoms with E-state index < -0.39 is 0 Å². The maximum atomic E-state index is 6.03. The molecule has 1 atom stereocenters. The number of rotatable bonds is 3. The van der Waals surface area contributed by atoms with E-state index in [0.717, 1.165) is 51.3 Å². The van der Waals surface area contributed by atoms with E-state index in [0.29, 0.717) is 5.92 Å². The minimum absolute atomic E-state index is 0.226. The molecule has 2 aliphatic rings. The average molecular weight is 247 g/mol. The fourth-order valence-electron chi connectivity index (χ4n) is 2.84. The van der Waals surface area contributed by atoms with Crippen molar-refractivity contribution >= 4 is 0 Å². The third-order valence-corrected chi connectivity index (χ3v) is 4.07. The van der Waals surface area contributed by atoms with Crippen LogP contribution in [0.3, 0.4) is 0 Å². The first-order valence-electron chi connectivity index (χ1n) is 6.92. The topological polar surface area (TPSA) is 44.5 Å². The molecule has 1 saturated heterocycles. The van der Waals surface area contributed by atoms with E-state index in [2.05, 4.69) is 18.2 Å². The lowest BCUT2D eigenvalue weighted by Gasteiger charge is -2.22. The van der Waals surface area contributed by atoms with Crippen molar-refractivity contribution in [2.75, 3.05) is 19.8 Å². The zero-order valence-electron chi connectivity index (χ0n) is 10.7. The van der Waals surface area contributed by atoms with Gasteiger partial charge in [0.25, 0.3) is 0 Å².